The molecule has 1 aliphatic rings. The van der Waals surface area contributed by atoms with E-state index >= 15 is 0 Å². The van der Waals surface area contributed by atoms with Crippen LogP contribution in [-0.4, -0.2) is 46.0 Å². The van der Waals surface area contributed by atoms with Gasteiger partial charge in [0.2, 0.25) is 0 Å². The summed E-state index contributed by atoms with van der Waals surface area (Å²) in [6.07, 6.45) is 5.38. The van der Waals surface area contributed by atoms with E-state index in [4.69, 9.17) is 0 Å². The van der Waals surface area contributed by atoms with Crippen molar-refractivity contribution in [3.63, 3.8) is 0 Å². The van der Waals surface area contributed by atoms with Crippen molar-refractivity contribution in [2.45, 2.75) is 6.54 Å². The van der Waals surface area contributed by atoms with Crippen molar-refractivity contribution in [1.29, 1.82) is 0 Å². The molecule has 1 aromatic carbocycles. The summed E-state index contributed by atoms with van der Waals surface area (Å²) in [4.78, 5) is 19.1. The van der Waals surface area contributed by atoms with E-state index in [1.165, 1.54) is 17.7 Å². The van der Waals surface area contributed by atoms with E-state index in [2.05, 4.69) is 36.9 Å². The van der Waals surface area contributed by atoms with Gasteiger partial charge in [0.05, 0.1) is 10.2 Å². The zero-order valence-corrected chi connectivity index (χ0v) is 16.6. The molecule has 7 heteroatoms. The van der Waals surface area contributed by atoms with Crippen LogP contribution < -0.4 is 4.90 Å². The molecule has 0 spiro atoms. The van der Waals surface area contributed by atoms with Crippen LogP contribution in [0.4, 0.5) is 10.2 Å². The van der Waals surface area contributed by atoms with Gasteiger partial charge in [-0.05, 0) is 35.4 Å². The first kappa shape index (κ1) is 18.1. The minimum Gasteiger partial charge on any atom is -0.353 e. The fourth-order valence-corrected chi connectivity index (χ4v) is 4.82. The Hall–Kier alpha value is -2.90. The average Bonchev–Trinajstić information content (AvgIpc) is 3.20. The Morgan fingerprint density at radius 3 is 2.59 bits per heavy atom. The number of pyridine rings is 1. The Bertz CT molecular complexity index is 1110. The quantitative estimate of drug-likeness (QED) is 0.509. The largest absolute Gasteiger partial charge is 0.353 e. The maximum Gasteiger partial charge on any atom is 0.150 e. The molecule has 0 N–H and O–H groups in total. The van der Waals surface area contributed by atoms with E-state index in [0.29, 0.717) is 0 Å². The molecule has 146 valence electrons. The zero-order valence-electron chi connectivity index (χ0n) is 15.8. The van der Waals surface area contributed by atoms with E-state index < -0.39 is 0 Å². The standard InChI is InChI=1S/C22H20FN5S/c23-18-5-3-17(4-6-18)20-12-19-21(29-20)22(26-15-25-19)28-10-8-27(9-11-28)14-16-2-1-7-24-13-16/h1-7,12-13,15H,8-11,14H2. The van der Waals surface area contributed by atoms with Crippen molar-refractivity contribution in [3.8, 4) is 10.4 Å². The summed E-state index contributed by atoms with van der Waals surface area (Å²) in [5.41, 5.74) is 3.19. The molecule has 5 rings (SSSR count). The van der Waals surface area contributed by atoms with E-state index in [1.54, 1.807) is 17.7 Å². The van der Waals surface area contributed by atoms with Crippen molar-refractivity contribution in [2.75, 3.05) is 31.1 Å². The number of hydrogen-bond acceptors (Lipinski definition) is 6. The molecular weight excluding hydrogens is 385 g/mol. The molecule has 0 saturated carbocycles. The smallest absolute Gasteiger partial charge is 0.150 e. The molecule has 1 fully saturated rings. The van der Waals surface area contributed by atoms with Gasteiger partial charge in [-0.1, -0.05) is 18.2 Å². The van der Waals surface area contributed by atoms with Crippen LogP contribution in [0.25, 0.3) is 20.7 Å². The van der Waals surface area contributed by atoms with Crippen molar-refractivity contribution < 1.29 is 4.39 Å². The third kappa shape index (κ3) is 3.83. The van der Waals surface area contributed by atoms with E-state index in [0.717, 1.165) is 59.2 Å². The lowest BCUT2D eigenvalue weighted by atomic mass is 10.2. The second kappa shape index (κ2) is 7.85. The zero-order chi connectivity index (χ0) is 19.6. The van der Waals surface area contributed by atoms with Crippen molar-refractivity contribution in [1.82, 2.24) is 19.9 Å². The first-order chi connectivity index (χ1) is 14.3. The van der Waals surface area contributed by atoms with Crippen LogP contribution in [0.5, 0.6) is 0 Å². The highest BCUT2D eigenvalue weighted by Gasteiger charge is 2.21. The highest BCUT2D eigenvalue weighted by atomic mass is 32.1. The van der Waals surface area contributed by atoms with Gasteiger partial charge in [0.15, 0.2) is 0 Å². The number of anilines is 1. The van der Waals surface area contributed by atoms with Gasteiger partial charge in [-0.15, -0.1) is 11.3 Å². The van der Waals surface area contributed by atoms with Crippen LogP contribution in [0.1, 0.15) is 5.56 Å². The van der Waals surface area contributed by atoms with Gasteiger partial charge in [-0.25, -0.2) is 14.4 Å². The summed E-state index contributed by atoms with van der Waals surface area (Å²) >= 11 is 1.67. The maximum atomic E-state index is 13.3. The SMILES string of the molecule is Fc1ccc(-c2cc3ncnc(N4CCN(Cc5cccnc5)CC4)c3s2)cc1. The number of halogens is 1. The van der Waals surface area contributed by atoms with Gasteiger partial charge < -0.3 is 4.90 Å². The van der Waals surface area contributed by atoms with Crippen LogP contribution in [0.2, 0.25) is 0 Å². The normalized spacial score (nSPS) is 15.1. The molecule has 1 aliphatic heterocycles. The predicted octanol–water partition coefficient (Wildman–Crippen LogP) is 4.21. The number of piperazine rings is 1. The van der Waals surface area contributed by atoms with Crippen LogP contribution >= 0.6 is 11.3 Å². The van der Waals surface area contributed by atoms with E-state index in [-0.39, 0.29) is 5.82 Å². The molecule has 1 saturated heterocycles. The molecule has 0 bridgehead atoms. The fourth-order valence-electron chi connectivity index (χ4n) is 3.69. The third-order valence-electron chi connectivity index (χ3n) is 5.22. The molecule has 0 amide bonds. The molecule has 0 radical (unpaired) electrons. The molecule has 29 heavy (non-hydrogen) atoms. The van der Waals surface area contributed by atoms with Crippen LogP contribution in [0.3, 0.4) is 0 Å². The summed E-state index contributed by atoms with van der Waals surface area (Å²) < 4.78 is 14.3. The Kier molecular flexibility index (Phi) is 4.91. The van der Waals surface area contributed by atoms with Gasteiger partial charge in [-0.2, -0.15) is 0 Å². The highest BCUT2D eigenvalue weighted by molar-refractivity contribution is 7.22. The van der Waals surface area contributed by atoms with Crippen molar-refractivity contribution in [3.05, 3.63) is 72.6 Å². The van der Waals surface area contributed by atoms with Gasteiger partial charge >= 0.3 is 0 Å². The summed E-state index contributed by atoms with van der Waals surface area (Å²) in [6, 6.07) is 12.8. The number of thiophene rings is 1. The Morgan fingerprint density at radius 2 is 1.83 bits per heavy atom. The molecule has 4 aromatic rings. The first-order valence-corrected chi connectivity index (χ1v) is 10.4. The van der Waals surface area contributed by atoms with Gasteiger partial charge in [0.1, 0.15) is 18.0 Å². The molecule has 0 aliphatic carbocycles. The molecule has 3 aromatic heterocycles. The number of fused-ring (bicyclic) bond motifs is 1. The summed E-state index contributed by atoms with van der Waals surface area (Å²) in [6.45, 7) is 4.74. The van der Waals surface area contributed by atoms with Crippen molar-refractivity contribution in [2.24, 2.45) is 0 Å². The van der Waals surface area contributed by atoms with Crippen LogP contribution in [-0.2, 0) is 6.54 Å². The fraction of sp³-hybridized carbons (Fsp3) is 0.227. The summed E-state index contributed by atoms with van der Waals surface area (Å²) in [5.74, 6) is 0.772. The number of hydrogen-bond donors (Lipinski definition) is 0. The minimum absolute atomic E-state index is 0.223. The van der Waals surface area contributed by atoms with E-state index in [1.807, 2.05) is 30.6 Å². The second-order valence-electron chi connectivity index (χ2n) is 7.15. The first-order valence-electron chi connectivity index (χ1n) is 9.63. The lowest BCUT2D eigenvalue weighted by Gasteiger charge is -2.35. The monoisotopic (exact) mass is 405 g/mol. The highest BCUT2D eigenvalue weighted by Crippen LogP contribution is 2.37. The number of nitrogens with zero attached hydrogens (tertiary/aromatic N) is 5. The molecular formula is C22H20FN5S. The maximum absolute atomic E-state index is 13.3. The second-order valence-corrected chi connectivity index (χ2v) is 8.21. The average molecular weight is 406 g/mol. The van der Waals surface area contributed by atoms with E-state index in [9.17, 15) is 4.39 Å². The summed E-state index contributed by atoms with van der Waals surface area (Å²) in [7, 11) is 0. The molecule has 0 atom stereocenters. The van der Waals surface area contributed by atoms with Gasteiger partial charge in [-0.3, -0.25) is 9.88 Å². The Balaban J connectivity index is 1.35. The number of benzene rings is 1. The summed E-state index contributed by atoms with van der Waals surface area (Å²) in [5, 5.41) is 0. The minimum atomic E-state index is -0.223. The number of aromatic nitrogens is 3. The number of rotatable bonds is 4. The third-order valence-corrected chi connectivity index (χ3v) is 6.39. The lowest BCUT2D eigenvalue weighted by molar-refractivity contribution is 0.249. The Labute approximate surface area is 172 Å². The molecule has 4 heterocycles. The van der Waals surface area contributed by atoms with Gasteiger partial charge in [0, 0.05) is 50.0 Å². The predicted molar refractivity (Wildman–Crippen MR) is 115 cm³/mol. The topological polar surface area (TPSA) is 45.2 Å². The van der Waals surface area contributed by atoms with Crippen LogP contribution in [0.15, 0.2) is 61.2 Å². The van der Waals surface area contributed by atoms with Crippen molar-refractivity contribution >= 4 is 27.4 Å². The Morgan fingerprint density at radius 1 is 1.00 bits per heavy atom. The molecule has 5 nitrogen and oxygen atoms in total. The van der Waals surface area contributed by atoms with Gasteiger partial charge in [0.25, 0.3) is 0 Å². The van der Waals surface area contributed by atoms with Crippen LogP contribution in [0, 0.1) is 5.82 Å². The molecule has 0 unspecified atom stereocenters. The lowest BCUT2D eigenvalue weighted by Crippen LogP contribution is -2.46.